The Morgan fingerprint density at radius 3 is 2.32 bits per heavy atom. The number of furan rings is 1. The highest BCUT2D eigenvalue weighted by atomic mass is 16.6. The van der Waals surface area contributed by atoms with Crippen LogP contribution in [0.3, 0.4) is 0 Å². The van der Waals surface area contributed by atoms with E-state index in [0.717, 1.165) is 17.7 Å². The molecule has 1 aromatic heterocycles. The van der Waals surface area contributed by atoms with E-state index in [1.54, 1.807) is 31.2 Å². The molecule has 3 N–H and O–H groups in total. The molecule has 1 aliphatic rings. The van der Waals surface area contributed by atoms with Gasteiger partial charge in [-0.1, -0.05) is 17.7 Å². The number of nitro benzene ring substituents is 2. The highest BCUT2D eigenvalue weighted by Crippen LogP contribution is 2.32. The van der Waals surface area contributed by atoms with Crippen LogP contribution in [0.15, 0.2) is 52.0 Å². The molecule has 3 aromatic rings. The maximum Gasteiger partial charge on any atom is 0.305 e. The van der Waals surface area contributed by atoms with Crippen LogP contribution in [0.5, 0.6) is 0 Å². The number of rotatable bonds is 6. The number of hydrogen-bond donors (Lipinski definition) is 3. The quantitative estimate of drug-likeness (QED) is 0.332. The van der Waals surface area contributed by atoms with Gasteiger partial charge in [-0.05, 0) is 44.9 Å². The SMILES string of the molecule is Cc1ccc(C(=O)NNC(=O)c2oc3c(c2C)/C(=N/Nc2ccc([N+](=O)[O-])cc2[N+](=O)[O-])CCC3)cc1. The van der Waals surface area contributed by atoms with Gasteiger partial charge in [-0.15, -0.1) is 0 Å². The number of benzene rings is 2. The number of hydrazone groups is 1. The van der Waals surface area contributed by atoms with Crippen molar-refractivity contribution in [3.8, 4) is 0 Å². The predicted molar refractivity (Wildman–Crippen MR) is 132 cm³/mol. The lowest BCUT2D eigenvalue weighted by Crippen LogP contribution is -2.41. The Morgan fingerprint density at radius 2 is 1.65 bits per heavy atom. The molecule has 2 aromatic carbocycles. The van der Waals surface area contributed by atoms with E-state index in [9.17, 15) is 29.8 Å². The molecule has 13 nitrogen and oxygen atoms in total. The maximum atomic E-state index is 12.8. The van der Waals surface area contributed by atoms with Crippen molar-refractivity contribution < 1.29 is 23.9 Å². The summed E-state index contributed by atoms with van der Waals surface area (Å²) >= 11 is 0. The molecular weight excluding hydrogens is 484 g/mol. The largest absolute Gasteiger partial charge is 0.455 e. The number of carbonyl (C=O) groups excluding carboxylic acids is 2. The van der Waals surface area contributed by atoms with Gasteiger partial charge in [0.2, 0.25) is 0 Å². The minimum atomic E-state index is -0.738. The van der Waals surface area contributed by atoms with Crippen molar-refractivity contribution >= 4 is 34.6 Å². The Balaban J connectivity index is 1.53. The molecule has 2 amide bonds. The number of anilines is 1. The lowest BCUT2D eigenvalue weighted by Gasteiger charge is -2.13. The first-order chi connectivity index (χ1) is 17.7. The minimum absolute atomic E-state index is 0.00474. The van der Waals surface area contributed by atoms with E-state index >= 15 is 0 Å². The summed E-state index contributed by atoms with van der Waals surface area (Å²) in [7, 11) is 0. The molecule has 1 aliphatic carbocycles. The Kier molecular flexibility index (Phi) is 6.95. The van der Waals surface area contributed by atoms with Gasteiger partial charge in [-0.25, -0.2) is 0 Å². The number of amides is 2. The lowest BCUT2D eigenvalue weighted by atomic mass is 9.93. The Hall–Kier alpha value is -5.07. The summed E-state index contributed by atoms with van der Waals surface area (Å²) in [5.74, 6) is -0.605. The Labute approximate surface area is 209 Å². The first-order valence-electron chi connectivity index (χ1n) is 11.2. The van der Waals surface area contributed by atoms with Crippen LogP contribution < -0.4 is 16.3 Å². The topological polar surface area (TPSA) is 182 Å². The third kappa shape index (κ3) is 5.29. The summed E-state index contributed by atoms with van der Waals surface area (Å²) < 4.78 is 5.78. The van der Waals surface area contributed by atoms with Gasteiger partial charge in [0.05, 0.1) is 21.6 Å². The molecule has 4 rings (SSSR count). The second-order valence-corrected chi connectivity index (χ2v) is 8.37. The maximum absolute atomic E-state index is 12.8. The van der Waals surface area contributed by atoms with Crippen LogP contribution >= 0.6 is 0 Å². The number of hydrazine groups is 1. The van der Waals surface area contributed by atoms with Crippen molar-refractivity contribution in [3.63, 3.8) is 0 Å². The van der Waals surface area contributed by atoms with E-state index in [1.807, 2.05) is 6.92 Å². The smallest absolute Gasteiger partial charge is 0.305 e. The second kappa shape index (κ2) is 10.3. The van der Waals surface area contributed by atoms with Crippen molar-refractivity contribution in [2.24, 2.45) is 5.10 Å². The van der Waals surface area contributed by atoms with Gasteiger partial charge >= 0.3 is 11.6 Å². The molecule has 0 saturated heterocycles. The molecule has 190 valence electrons. The van der Waals surface area contributed by atoms with Gasteiger partial charge in [0, 0.05) is 29.2 Å². The van der Waals surface area contributed by atoms with Crippen molar-refractivity contribution in [2.75, 3.05) is 5.43 Å². The van der Waals surface area contributed by atoms with E-state index in [1.165, 1.54) is 6.07 Å². The molecule has 0 radical (unpaired) electrons. The van der Waals surface area contributed by atoms with Gasteiger partial charge in [-0.2, -0.15) is 5.10 Å². The van der Waals surface area contributed by atoms with Gasteiger partial charge in [0.25, 0.3) is 11.6 Å². The molecule has 0 atom stereocenters. The first kappa shape index (κ1) is 25.0. The number of non-ortho nitro benzene ring substituents is 1. The van der Waals surface area contributed by atoms with Gasteiger partial charge < -0.3 is 4.42 Å². The first-order valence-corrected chi connectivity index (χ1v) is 11.2. The van der Waals surface area contributed by atoms with Crippen LogP contribution in [-0.2, 0) is 6.42 Å². The monoisotopic (exact) mass is 506 g/mol. The molecule has 13 heteroatoms. The summed E-state index contributed by atoms with van der Waals surface area (Å²) in [4.78, 5) is 46.0. The van der Waals surface area contributed by atoms with Crippen LogP contribution in [0.2, 0.25) is 0 Å². The van der Waals surface area contributed by atoms with Crippen LogP contribution in [0, 0.1) is 34.1 Å². The molecule has 0 saturated carbocycles. The van der Waals surface area contributed by atoms with Crippen molar-refractivity contribution in [1.29, 1.82) is 0 Å². The Morgan fingerprint density at radius 1 is 0.946 bits per heavy atom. The zero-order valence-corrected chi connectivity index (χ0v) is 19.9. The van der Waals surface area contributed by atoms with E-state index in [2.05, 4.69) is 21.4 Å². The number of hydrogen-bond acceptors (Lipinski definition) is 9. The molecule has 37 heavy (non-hydrogen) atoms. The number of nitro groups is 2. The van der Waals surface area contributed by atoms with Gasteiger partial charge in [0.15, 0.2) is 5.76 Å². The highest BCUT2D eigenvalue weighted by molar-refractivity contribution is 6.07. The van der Waals surface area contributed by atoms with E-state index < -0.39 is 33.0 Å². The van der Waals surface area contributed by atoms with Gasteiger partial charge in [-0.3, -0.25) is 46.1 Å². The van der Waals surface area contributed by atoms with E-state index in [4.69, 9.17) is 4.42 Å². The minimum Gasteiger partial charge on any atom is -0.455 e. The van der Waals surface area contributed by atoms with Crippen LogP contribution in [0.25, 0.3) is 0 Å². The number of aryl methyl sites for hydroxylation is 2. The molecule has 0 spiro atoms. The predicted octanol–water partition coefficient (Wildman–Crippen LogP) is 3.94. The van der Waals surface area contributed by atoms with Crippen molar-refractivity contribution in [3.05, 3.63) is 96.5 Å². The average molecular weight is 506 g/mol. The standard InChI is InChI=1S/C24H22N6O7/c1-13-6-8-15(9-7-13)23(31)27-28-24(32)22-14(2)21-18(4-3-5-20(21)37-22)26-25-17-11-10-16(29(33)34)12-19(17)30(35)36/h6-12,25H,3-5H2,1-2H3,(H,27,31)(H,28,32)/b26-18+. The molecule has 1 heterocycles. The van der Waals surface area contributed by atoms with Crippen LogP contribution in [0.1, 0.15) is 56.2 Å². The van der Waals surface area contributed by atoms with E-state index in [0.29, 0.717) is 47.4 Å². The molecule has 0 unspecified atom stereocenters. The number of nitrogens with zero attached hydrogens (tertiary/aromatic N) is 3. The summed E-state index contributed by atoms with van der Waals surface area (Å²) in [6.07, 6.45) is 1.72. The Bertz CT molecular complexity index is 1440. The van der Waals surface area contributed by atoms with Crippen LogP contribution in [-0.4, -0.2) is 27.4 Å². The van der Waals surface area contributed by atoms with Gasteiger partial charge in [0.1, 0.15) is 11.4 Å². The molecular formula is C24H22N6O7. The van der Waals surface area contributed by atoms with Crippen molar-refractivity contribution in [2.45, 2.75) is 33.1 Å². The normalized spacial score (nSPS) is 13.5. The molecule has 0 aliphatic heterocycles. The molecule has 0 fully saturated rings. The third-order valence-electron chi connectivity index (χ3n) is 5.84. The number of fused-ring (bicyclic) bond motifs is 1. The highest BCUT2D eigenvalue weighted by Gasteiger charge is 2.28. The summed E-state index contributed by atoms with van der Waals surface area (Å²) in [5.41, 5.74) is 9.37. The second-order valence-electron chi connectivity index (χ2n) is 8.37. The van der Waals surface area contributed by atoms with Crippen LogP contribution in [0.4, 0.5) is 17.1 Å². The number of nitrogens with one attached hydrogen (secondary N) is 3. The zero-order chi connectivity index (χ0) is 26.7. The number of carbonyl (C=O) groups is 2. The van der Waals surface area contributed by atoms with Crippen molar-refractivity contribution in [1.82, 2.24) is 10.9 Å². The molecule has 0 bridgehead atoms. The summed E-state index contributed by atoms with van der Waals surface area (Å²) in [6.45, 7) is 3.57. The average Bonchev–Trinajstić information content (AvgIpc) is 3.23. The third-order valence-corrected chi connectivity index (χ3v) is 5.84. The summed E-state index contributed by atoms with van der Waals surface area (Å²) in [6, 6.07) is 10.0. The fourth-order valence-corrected chi connectivity index (χ4v) is 3.95. The summed E-state index contributed by atoms with van der Waals surface area (Å²) in [5, 5.41) is 26.7. The zero-order valence-electron chi connectivity index (χ0n) is 19.9. The van der Waals surface area contributed by atoms with E-state index in [-0.39, 0.29) is 11.4 Å². The lowest BCUT2D eigenvalue weighted by molar-refractivity contribution is -0.393. The fourth-order valence-electron chi connectivity index (χ4n) is 3.95. The fraction of sp³-hybridized carbons (Fsp3) is 0.208.